The van der Waals surface area contributed by atoms with Crippen LogP contribution < -0.4 is 0 Å². The number of rotatable bonds is 1. The van der Waals surface area contributed by atoms with Gasteiger partial charge in [-0.3, -0.25) is 0 Å². The third-order valence-corrected chi connectivity index (χ3v) is 2.91. The summed E-state index contributed by atoms with van der Waals surface area (Å²) in [6.07, 6.45) is 6.21. The van der Waals surface area contributed by atoms with Crippen molar-refractivity contribution in [2.75, 3.05) is 0 Å². The summed E-state index contributed by atoms with van der Waals surface area (Å²) < 4.78 is 1.87. The molecule has 72 valence electrons. The van der Waals surface area contributed by atoms with Crippen LogP contribution in [0.15, 0.2) is 12.4 Å². The quantitative estimate of drug-likeness (QED) is 0.703. The Bertz CT molecular complexity index is 260. The van der Waals surface area contributed by atoms with Crippen LogP contribution in [0.4, 0.5) is 0 Å². The summed E-state index contributed by atoms with van der Waals surface area (Å²) in [6.45, 7) is 2.21. The third kappa shape index (κ3) is 1.72. The minimum Gasteiger partial charge on any atom is -0.393 e. The minimum atomic E-state index is -0.162. The molecular formula is C9H15N3O. The first-order valence-corrected chi connectivity index (χ1v) is 4.81. The highest BCUT2D eigenvalue weighted by Gasteiger charge is 2.28. The molecule has 0 saturated heterocycles. The zero-order chi connectivity index (χ0) is 9.26. The van der Waals surface area contributed by atoms with Gasteiger partial charge in [0.05, 0.1) is 18.3 Å². The Balaban J connectivity index is 2.12. The largest absolute Gasteiger partial charge is 0.393 e. The molecule has 3 atom stereocenters. The van der Waals surface area contributed by atoms with Gasteiger partial charge in [-0.1, -0.05) is 12.1 Å². The Kier molecular flexibility index (Phi) is 2.31. The fourth-order valence-electron chi connectivity index (χ4n) is 2.04. The molecule has 0 bridgehead atoms. The zero-order valence-electron chi connectivity index (χ0n) is 7.80. The highest BCUT2D eigenvalue weighted by atomic mass is 16.3. The Morgan fingerprint density at radius 3 is 3.00 bits per heavy atom. The van der Waals surface area contributed by atoms with Crippen LogP contribution in [0.1, 0.15) is 32.2 Å². The Hall–Kier alpha value is -0.900. The van der Waals surface area contributed by atoms with Crippen molar-refractivity contribution in [3.63, 3.8) is 0 Å². The second-order valence-electron chi connectivity index (χ2n) is 3.89. The van der Waals surface area contributed by atoms with Crippen LogP contribution in [0, 0.1) is 5.92 Å². The van der Waals surface area contributed by atoms with E-state index in [0.717, 1.165) is 19.3 Å². The van der Waals surface area contributed by atoms with Crippen LogP contribution >= 0.6 is 0 Å². The van der Waals surface area contributed by atoms with Crippen LogP contribution in [0.5, 0.6) is 0 Å². The number of hydrogen-bond donors (Lipinski definition) is 1. The Labute approximate surface area is 77.6 Å². The molecule has 1 aromatic rings. The molecular weight excluding hydrogens is 166 g/mol. The average molecular weight is 181 g/mol. The molecule has 0 aliphatic heterocycles. The summed E-state index contributed by atoms with van der Waals surface area (Å²) in [7, 11) is 0. The predicted octanol–water partition coefficient (Wildman–Crippen LogP) is 1.00. The zero-order valence-corrected chi connectivity index (χ0v) is 7.80. The van der Waals surface area contributed by atoms with Crippen molar-refractivity contribution in [1.82, 2.24) is 15.0 Å². The van der Waals surface area contributed by atoms with Gasteiger partial charge in [-0.15, -0.1) is 5.10 Å². The van der Waals surface area contributed by atoms with Crippen molar-refractivity contribution in [2.24, 2.45) is 5.92 Å². The van der Waals surface area contributed by atoms with Gasteiger partial charge in [0.2, 0.25) is 0 Å². The van der Waals surface area contributed by atoms with E-state index in [1.54, 1.807) is 6.20 Å². The lowest BCUT2D eigenvalue weighted by Crippen LogP contribution is -2.29. The van der Waals surface area contributed by atoms with Gasteiger partial charge in [-0.2, -0.15) is 0 Å². The van der Waals surface area contributed by atoms with Gasteiger partial charge in [-0.05, 0) is 25.2 Å². The van der Waals surface area contributed by atoms with Gasteiger partial charge in [0.1, 0.15) is 0 Å². The van der Waals surface area contributed by atoms with Gasteiger partial charge in [0, 0.05) is 6.20 Å². The molecule has 0 spiro atoms. The van der Waals surface area contributed by atoms with E-state index in [1.807, 2.05) is 10.9 Å². The summed E-state index contributed by atoms with van der Waals surface area (Å²) in [4.78, 5) is 0. The summed E-state index contributed by atoms with van der Waals surface area (Å²) in [5, 5.41) is 17.3. The molecule has 0 radical (unpaired) electrons. The number of aliphatic hydroxyl groups is 1. The van der Waals surface area contributed by atoms with Crippen molar-refractivity contribution in [1.29, 1.82) is 0 Å². The van der Waals surface area contributed by atoms with Crippen molar-refractivity contribution in [2.45, 2.75) is 38.3 Å². The maximum atomic E-state index is 9.53. The summed E-state index contributed by atoms with van der Waals surface area (Å²) in [6, 6.07) is 0.325. The Morgan fingerprint density at radius 2 is 2.31 bits per heavy atom. The van der Waals surface area contributed by atoms with E-state index < -0.39 is 0 Å². The monoisotopic (exact) mass is 181 g/mol. The molecule has 0 aromatic carbocycles. The highest BCUT2D eigenvalue weighted by Crippen LogP contribution is 2.32. The van der Waals surface area contributed by atoms with E-state index in [9.17, 15) is 5.11 Å². The van der Waals surface area contributed by atoms with Crippen LogP contribution in [-0.4, -0.2) is 26.2 Å². The topological polar surface area (TPSA) is 50.9 Å². The molecule has 1 aliphatic rings. The second kappa shape index (κ2) is 3.46. The lowest BCUT2D eigenvalue weighted by atomic mass is 9.84. The molecule has 1 N–H and O–H groups in total. The lowest BCUT2D eigenvalue weighted by Gasteiger charge is -2.31. The van der Waals surface area contributed by atoms with E-state index in [2.05, 4.69) is 17.2 Å². The molecule has 1 aliphatic carbocycles. The summed E-state index contributed by atoms with van der Waals surface area (Å²) in [5.74, 6) is 0.588. The molecule has 1 fully saturated rings. The van der Waals surface area contributed by atoms with E-state index in [1.165, 1.54) is 0 Å². The van der Waals surface area contributed by atoms with Crippen molar-refractivity contribution < 1.29 is 5.11 Å². The first-order valence-electron chi connectivity index (χ1n) is 4.81. The first-order chi connectivity index (χ1) is 6.27. The molecule has 1 aromatic heterocycles. The standard InChI is InChI=1S/C9H15N3O/c1-7-2-3-8(13)6-9(7)12-5-4-10-11-12/h4-5,7-9,13H,2-3,6H2,1H3. The van der Waals surface area contributed by atoms with Crippen LogP contribution in [0.25, 0.3) is 0 Å². The molecule has 1 saturated carbocycles. The molecule has 4 heteroatoms. The van der Waals surface area contributed by atoms with E-state index in [4.69, 9.17) is 0 Å². The molecule has 0 amide bonds. The van der Waals surface area contributed by atoms with Gasteiger partial charge in [-0.25, -0.2) is 4.68 Å². The minimum absolute atomic E-state index is 0.162. The number of hydrogen-bond acceptors (Lipinski definition) is 3. The summed E-state index contributed by atoms with van der Waals surface area (Å²) in [5.41, 5.74) is 0. The SMILES string of the molecule is CC1CCC(O)CC1n1ccnn1. The van der Waals surface area contributed by atoms with Crippen LogP contribution in [0.2, 0.25) is 0 Å². The van der Waals surface area contributed by atoms with Gasteiger partial charge < -0.3 is 5.11 Å². The molecule has 3 unspecified atom stereocenters. The number of nitrogens with zero attached hydrogens (tertiary/aromatic N) is 3. The van der Waals surface area contributed by atoms with Gasteiger partial charge in [0.15, 0.2) is 0 Å². The average Bonchev–Trinajstić information content (AvgIpc) is 2.61. The van der Waals surface area contributed by atoms with E-state index in [0.29, 0.717) is 12.0 Å². The molecule has 13 heavy (non-hydrogen) atoms. The maximum absolute atomic E-state index is 9.53. The number of aromatic nitrogens is 3. The normalized spacial score (nSPS) is 34.8. The predicted molar refractivity (Wildman–Crippen MR) is 48.1 cm³/mol. The smallest absolute Gasteiger partial charge is 0.0693 e. The Morgan fingerprint density at radius 1 is 1.46 bits per heavy atom. The first kappa shape index (κ1) is 8.69. The third-order valence-electron chi connectivity index (χ3n) is 2.91. The lowest BCUT2D eigenvalue weighted by molar-refractivity contribution is 0.0729. The molecule has 2 rings (SSSR count). The van der Waals surface area contributed by atoms with Gasteiger partial charge in [0.25, 0.3) is 0 Å². The fraction of sp³-hybridized carbons (Fsp3) is 0.778. The van der Waals surface area contributed by atoms with Crippen molar-refractivity contribution in [3.05, 3.63) is 12.4 Å². The maximum Gasteiger partial charge on any atom is 0.0693 e. The fourth-order valence-corrected chi connectivity index (χ4v) is 2.04. The van der Waals surface area contributed by atoms with Crippen LogP contribution in [-0.2, 0) is 0 Å². The van der Waals surface area contributed by atoms with Gasteiger partial charge >= 0.3 is 0 Å². The van der Waals surface area contributed by atoms with E-state index >= 15 is 0 Å². The number of aliphatic hydroxyl groups excluding tert-OH is 1. The highest BCUT2D eigenvalue weighted by molar-refractivity contribution is 4.83. The van der Waals surface area contributed by atoms with E-state index in [-0.39, 0.29) is 6.10 Å². The van der Waals surface area contributed by atoms with Crippen molar-refractivity contribution in [3.8, 4) is 0 Å². The molecule has 4 nitrogen and oxygen atoms in total. The second-order valence-corrected chi connectivity index (χ2v) is 3.89. The molecule has 1 heterocycles. The van der Waals surface area contributed by atoms with Crippen LogP contribution in [0.3, 0.4) is 0 Å². The van der Waals surface area contributed by atoms with Crippen molar-refractivity contribution >= 4 is 0 Å². The summed E-state index contributed by atoms with van der Waals surface area (Å²) >= 11 is 0.